The van der Waals surface area contributed by atoms with E-state index in [1.807, 2.05) is 0 Å². The first kappa shape index (κ1) is 13.7. The Balaban J connectivity index is 2.29. The molecule has 20 heavy (non-hydrogen) atoms. The average molecular weight is 274 g/mol. The van der Waals surface area contributed by atoms with Gasteiger partial charge in [0, 0.05) is 12.3 Å². The molecule has 0 aromatic heterocycles. The molecule has 0 fully saturated rings. The van der Waals surface area contributed by atoms with Gasteiger partial charge in [0.05, 0.1) is 10.6 Å². The Morgan fingerprint density at radius 1 is 1.30 bits per heavy atom. The van der Waals surface area contributed by atoms with Crippen LogP contribution in [0, 0.1) is 22.9 Å². The highest BCUT2D eigenvalue weighted by Gasteiger charge is 2.12. The molecule has 0 saturated heterocycles. The van der Waals surface area contributed by atoms with E-state index in [9.17, 15) is 19.6 Å². The van der Waals surface area contributed by atoms with Crippen molar-refractivity contribution in [2.24, 2.45) is 4.99 Å². The van der Waals surface area contributed by atoms with Gasteiger partial charge >= 0.3 is 5.69 Å². The number of nitro benzene ring substituents is 1. The number of hydrogen-bond acceptors (Lipinski definition) is 4. The van der Waals surface area contributed by atoms with Gasteiger partial charge in [-0.05, 0) is 48.4 Å². The predicted molar refractivity (Wildman–Crippen MR) is 73.2 cm³/mol. The topological polar surface area (TPSA) is 75.7 Å². The van der Waals surface area contributed by atoms with E-state index in [-0.39, 0.29) is 11.5 Å². The lowest BCUT2D eigenvalue weighted by atomic mass is 10.2. The van der Waals surface area contributed by atoms with Crippen molar-refractivity contribution in [2.75, 3.05) is 0 Å². The van der Waals surface area contributed by atoms with Gasteiger partial charge in [-0.25, -0.2) is 4.39 Å². The maximum Gasteiger partial charge on any atom is 0.311 e. The third-order valence-corrected chi connectivity index (χ3v) is 2.70. The molecule has 2 aromatic rings. The molecule has 0 radical (unpaired) electrons. The van der Waals surface area contributed by atoms with E-state index >= 15 is 0 Å². The van der Waals surface area contributed by atoms with Crippen LogP contribution in [0.2, 0.25) is 0 Å². The standard InChI is InChI=1S/C14H11FN2O3/c1-9-6-11(3-4-12(9)15)16-8-10-2-5-14(18)13(7-10)17(19)20/h2-8,18H,1H3. The Hall–Kier alpha value is -2.76. The van der Waals surface area contributed by atoms with Gasteiger partial charge in [0.1, 0.15) is 5.82 Å². The Bertz CT molecular complexity index is 699. The van der Waals surface area contributed by atoms with E-state index in [1.165, 1.54) is 36.5 Å². The van der Waals surface area contributed by atoms with Crippen LogP contribution in [0.15, 0.2) is 41.4 Å². The molecule has 0 aliphatic carbocycles. The molecule has 0 amide bonds. The van der Waals surface area contributed by atoms with Gasteiger partial charge in [0.2, 0.25) is 0 Å². The smallest absolute Gasteiger partial charge is 0.311 e. The average Bonchev–Trinajstić information content (AvgIpc) is 2.41. The van der Waals surface area contributed by atoms with E-state index in [0.29, 0.717) is 16.8 Å². The van der Waals surface area contributed by atoms with E-state index in [2.05, 4.69) is 4.99 Å². The van der Waals surface area contributed by atoms with Gasteiger partial charge in [-0.3, -0.25) is 15.1 Å². The molecule has 2 rings (SSSR count). The Morgan fingerprint density at radius 3 is 2.70 bits per heavy atom. The van der Waals surface area contributed by atoms with Crippen molar-refractivity contribution in [2.45, 2.75) is 6.92 Å². The molecule has 102 valence electrons. The number of phenols is 1. The maximum atomic E-state index is 13.1. The Morgan fingerprint density at radius 2 is 2.05 bits per heavy atom. The second-order valence-electron chi connectivity index (χ2n) is 4.20. The minimum atomic E-state index is -0.672. The fourth-order valence-electron chi connectivity index (χ4n) is 1.63. The molecule has 2 aromatic carbocycles. The van der Waals surface area contributed by atoms with Crippen molar-refractivity contribution < 1.29 is 14.4 Å². The van der Waals surface area contributed by atoms with Crippen molar-refractivity contribution in [1.29, 1.82) is 0 Å². The quantitative estimate of drug-likeness (QED) is 0.528. The van der Waals surface area contributed by atoms with Crippen LogP contribution in [-0.2, 0) is 0 Å². The van der Waals surface area contributed by atoms with Crippen LogP contribution in [0.4, 0.5) is 15.8 Å². The van der Waals surface area contributed by atoms with Crippen LogP contribution in [0.1, 0.15) is 11.1 Å². The lowest BCUT2D eigenvalue weighted by Crippen LogP contribution is -1.90. The second kappa shape index (κ2) is 5.48. The van der Waals surface area contributed by atoms with Crippen molar-refractivity contribution in [1.82, 2.24) is 0 Å². The second-order valence-corrected chi connectivity index (χ2v) is 4.20. The zero-order chi connectivity index (χ0) is 14.7. The SMILES string of the molecule is Cc1cc(N=Cc2ccc(O)c([N+](=O)[O-])c2)ccc1F. The number of rotatable bonds is 3. The molecule has 0 aliphatic rings. The third-order valence-electron chi connectivity index (χ3n) is 2.70. The largest absolute Gasteiger partial charge is 0.502 e. The maximum absolute atomic E-state index is 13.1. The van der Waals surface area contributed by atoms with E-state index in [1.54, 1.807) is 13.0 Å². The molecule has 0 aliphatic heterocycles. The lowest BCUT2D eigenvalue weighted by Gasteiger charge is -1.99. The number of halogens is 1. The predicted octanol–water partition coefficient (Wildman–Crippen LogP) is 3.50. The van der Waals surface area contributed by atoms with Gasteiger partial charge < -0.3 is 5.11 Å². The number of nitro groups is 1. The van der Waals surface area contributed by atoms with Gasteiger partial charge in [-0.2, -0.15) is 0 Å². The number of benzene rings is 2. The van der Waals surface area contributed by atoms with Crippen LogP contribution in [0.5, 0.6) is 5.75 Å². The summed E-state index contributed by atoms with van der Waals surface area (Å²) in [5.74, 6) is -0.714. The molecule has 0 spiro atoms. The summed E-state index contributed by atoms with van der Waals surface area (Å²) in [4.78, 5) is 14.1. The van der Waals surface area contributed by atoms with Crippen LogP contribution >= 0.6 is 0 Å². The first-order valence-corrected chi connectivity index (χ1v) is 5.75. The Labute approximate surface area is 114 Å². The first-order valence-electron chi connectivity index (χ1n) is 5.75. The van der Waals surface area contributed by atoms with E-state index in [4.69, 9.17) is 0 Å². The number of phenolic OH excluding ortho intramolecular Hbond substituents is 1. The zero-order valence-corrected chi connectivity index (χ0v) is 10.6. The van der Waals surface area contributed by atoms with Crippen LogP contribution in [-0.4, -0.2) is 16.2 Å². The van der Waals surface area contributed by atoms with E-state index in [0.717, 1.165) is 0 Å². The number of hydrogen-bond donors (Lipinski definition) is 1. The summed E-state index contributed by atoms with van der Waals surface area (Å²) in [6, 6.07) is 8.34. The van der Waals surface area contributed by atoms with Crippen LogP contribution < -0.4 is 0 Å². The van der Waals surface area contributed by atoms with Gasteiger partial charge in [0.25, 0.3) is 0 Å². The number of aromatic hydroxyl groups is 1. The molecular formula is C14H11FN2O3. The van der Waals surface area contributed by atoms with E-state index < -0.39 is 10.7 Å². The minimum Gasteiger partial charge on any atom is -0.502 e. The highest BCUT2D eigenvalue weighted by Crippen LogP contribution is 2.26. The molecule has 6 heteroatoms. The highest BCUT2D eigenvalue weighted by molar-refractivity contribution is 5.83. The fourth-order valence-corrected chi connectivity index (χ4v) is 1.63. The molecule has 1 N–H and O–H groups in total. The van der Waals surface area contributed by atoms with Crippen molar-refractivity contribution in [3.8, 4) is 5.75 Å². The van der Waals surface area contributed by atoms with Crippen molar-refractivity contribution in [3.05, 3.63) is 63.5 Å². The molecule has 0 unspecified atom stereocenters. The molecule has 0 bridgehead atoms. The summed E-state index contributed by atoms with van der Waals surface area (Å²) in [6.07, 6.45) is 1.42. The number of nitrogens with zero attached hydrogens (tertiary/aromatic N) is 2. The van der Waals surface area contributed by atoms with Crippen molar-refractivity contribution >= 4 is 17.6 Å². The summed E-state index contributed by atoms with van der Waals surface area (Å²) in [7, 11) is 0. The summed E-state index contributed by atoms with van der Waals surface area (Å²) in [5.41, 5.74) is 1.09. The van der Waals surface area contributed by atoms with Crippen LogP contribution in [0.25, 0.3) is 0 Å². The summed E-state index contributed by atoms with van der Waals surface area (Å²) < 4.78 is 13.1. The number of aryl methyl sites for hydroxylation is 1. The van der Waals surface area contributed by atoms with Gasteiger partial charge in [-0.15, -0.1) is 0 Å². The lowest BCUT2D eigenvalue weighted by molar-refractivity contribution is -0.385. The molecule has 0 atom stereocenters. The Kier molecular flexibility index (Phi) is 3.74. The fraction of sp³-hybridized carbons (Fsp3) is 0.0714. The highest BCUT2D eigenvalue weighted by atomic mass is 19.1. The van der Waals surface area contributed by atoms with Crippen LogP contribution in [0.3, 0.4) is 0 Å². The van der Waals surface area contributed by atoms with Gasteiger partial charge in [0.15, 0.2) is 5.75 Å². The summed E-state index contributed by atoms with van der Waals surface area (Å²) in [5, 5.41) is 20.0. The number of aliphatic imine (C=N–C) groups is 1. The minimum absolute atomic E-state index is 0.316. The normalized spacial score (nSPS) is 10.9. The first-order chi connectivity index (χ1) is 9.47. The molecule has 0 heterocycles. The van der Waals surface area contributed by atoms with Gasteiger partial charge in [-0.1, -0.05) is 0 Å². The monoisotopic (exact) mass is 274 g/mol. The zero-order valence-electron chi connectivity index (χ0n) is 10.6. The molecular weight excluding hydrogens is 263 g/mol. The molecule has 0 saturated carbocycles. The van der Waals surface area contributed by atoms with Crippen molar-refractivity contribution in [3.63, 3.8) is 0 Å². The summed E-state index contributed by atoms with van der Waals surface area (Å²) >= 11 is 0. The molecule has 5 nitrogen and oxygen atoms in total. The third kappa shape index (κ3) is 2.97. The summed E-state index contributed by atoms with van der Waals surface area (Å²) in [6.45, 7) is 1.62.